The molecule has 0 unspecified atom stereocenters. The zero-order valence-corrected chi connectivity index (χ0v) is 19.7. The van der Waals surface area contributed by atoms with Crippen molar-refractivity contribution in [2.24, 2.45) is 0 Å². The molecule has 29 heavy (non-hydrogen) atoms. The van der Waals surface area contributed by atoms with Crippen LogP contribution < -0.4 is 5.32 Å². The maximum absolute atomic E-state index is 4.25. The van der Waals surface area contributed by atoms with E-state index in [9.17, 15) is 0 Å². The van der Waals surface area contributed by atoms with Gasteiger partial charge in [-0.3, -0.25) is 5.32 Å². The Kier molecular flexibility index (Phi) is 19.5. The minimum atomic E-state index is 1.10. The van der Waals surface area contributed by atoms with Gasteiger partial charge < -0.3 is 0 Å². The van der Waals surface area contributed by atoms with Crippen LogP contribution in [0.4, 0.5) is 0 Å². The molecular formula is C28H50N. The smallest absolute Gasteiger partial charge is 0.0626 e. The van der Waals surface area contributed by atoms with Gasteiger partial charge in [0, 0.05) is 6.20 Å². The summed E-state index contributed by atoms with van der Waals surface area (Å²) < 4.78 is 0. The molecule has 0 saturated heterocycles. The van der Waals surface area contributed by atoms with Crippen LogP contribution in [-0.2, 0) is 0 Å². The maximum atomic E-state index is 4.25. The van der Waals surface area contributed by atoms with E-state index < -0.39 is 0 Å². The third kappa shape index (κ3) is 18.8. The van der Waals surface area contributed by atoms with Gasteiger partial charge in [0.1, 0.15) is 0 Å². The third-order valence-electron chi connectivity index (χ3n) is 6.09. The average Bonchev–Trinajstić information content (AvgIpc) is 3.25. The Labute approximate surface area is 183 Å². The Balaban J connectivity index is 1.65. The molecule has 1 heteroatoms. The SMILES string of the molecule is CCCCCCCCCCCCCCCCCCCCCCC=CC1=CC=C[N]1. The molecule has 1 aliphatic heterocycles. The molecule has 0 saturated carbocycles. The molecule has 0 atom stereocenters. The van der Waals surface area contributed by atoms with Crippen molar-refractivity contribution in [1.29, 1.82) is 0 Å². The van der Waals surface area contributed by atoms with Crippen molar-refractivity contribution in [1.82, 2.24) is 5.32 Å². The lowest BCUT2D eigenvalue weighted by atomic mass is 10.0. The van der Waals surface area contributed by atoms with Gasteiger partial charge in [0.05, 0.1) is 5.70 Å². The van der Waals surface area contributed by atoms with E-state index >= 15 is 0 Å². The van der Waals surface area contributed by atoms with Crippen LogP contribution >= 0.6 is 0 Å². The number of allylic oxidation sites excluding steroid dienone is 4. The van der Waals surface area contributed by atoms with Crippen molar-refractivity contribution in [3.05, 3.63) is 36.2 Å². The van der Waals surface area contributed by atoms with Crippen molar-refractivity contribution >= 4 is 0 Å². The van der Waals surface area contributed by atoms with Gasteiger partial charge in [-0.15, -0.1) is 0 Å². The molecule has 1 heterocycles. The predicted octanol–water partition coefficient (Wildman–Crippen LogP) is 9.77. The molecule has 0 aliphatic carbocycles. The van der Waals surface area contributed by atoms with Crippen molar-refractivity contribution in [2.45, 2.75) is 142 Å². The quantitative estimate of drug-likeness (QED) is 0.160. The summed E-state index contributed by atoms with van der Waals surface area (Å²) in [5, 5.41) is 4.25. The summed E-state index contributed by atoms with van der Waals surface area (Å²) in [4.78, 5) is 0. The third-order valence-corrected chi connectivity index (χ3v) is 6.09. The van der Waals surface area contributed by atoms with Gasteiger partial charge in [-0.25, -0.2) is 0 Å². The molecule has 0 bridgehead atoms. The van der Waals surface area contributed by atoms with Gasteiger partial charge in [-0.1, -0.05) is 135 Å². The summed E-state index contributed by atoms with van der Waals surface area (Å²) in [7, 11) is 0. The minimum absolute atomic E-state index is 1.10. The van der Waals surface area contributed by atoms with Crippen LogP contribution in [0.25, 0.3) is 0 Å². The Morgan fingerprint density at radius 3 is 1.38 bits per heavy atom. The monoisotopic (exact) mass is 400 g/mol. The first-order valence-corrected chi connectivity index (χ1v) is 13.2. The molecule has 0 aromatic heterocycles. The zero-order valence-electron chi connectivity index (χ0n) is 19.7. The largest absolute Gasteiger partial charge is 0.257 e. The fourth-order valence-corrected chi connectivity index (χ4v) is 4.13. The van der Waals surface area contributed by atoms with E-state index in [1.807, 2.05) is 12.3 Å². The van der Waals surface area contributed by atoms with Crippen LogP contribution in [0.5, 0.6) is 0 Å². The molecule has 0 aromatic rings. The van der Waals surface area contributed by atoms with Crippen LogP contribution in [0.15, 0.2) is 36.2 Å². The Bertz CT molecular complexity index is 418. The second-order valence-electron chi connectivity index (χ2n) is 8.97. The second-order valence-corrected chi connectivity index (χ2v) is 8.97. The molecule has 0 spiro atoms. The van der Waals surface area contributed by atoms with Crippen LogP contribution in [0.1, 0.15) is 142 Å². The van der Waals surface area contributed by atoms with E-state index in [0.29, 0.717) is 0 Å². The van der Waals surface area contributed by atoms with Gasteiger partial charge in [0.15, 0.2) is 0 Å². The van der Waals surface area contributed by atoms with Gasteiger partial charge in [-0.2, -0.15) is 0 Å². The van der Waals surface area contributed by atoms with E-state index in [1.54, 1.807) is 0 Å². The van der Waals surface area contributed by atoms with Crippen molar-refractivity contribution < 1.29 is 0 Å². The van der Waals surface area contributed by atoms with Gasteiger partial charge >= 0.3 is 0 Å². The lowest BCUT2D eigenvalue weighted by molar-refractivity contribution is 0.522. The number of rotatable bonds is 22. The molecule has 0 N–H and O–H groups in total. The lowest BCUT2D eigenvalue weighted by Gasteiger charge is -2.04. The highest BCUT2D eigenvalue weighted by Gasteiger charge is 1.96. The zero-order chi connectivity index (χ0) is 20.7. The molecule has 1 nitrogen and oxygen atoms in total. The standard InChI is InChI=1S/C28H50N/c1-2-3-4-5-6-7-8-9-10-11-12-13-14-15-16-17-18-19-20-21-22-23-25-28-26-24-27-29-28/h23-27H,2-22H2,1H3. The summed E-state index contributed by atoms with van der Waals surface area (Å²) in [6, 6.07) is 0. The average molecular weight is 401 g/mol. The summed E-state index contributed by atoms with van der Waals surface area (Å²) in [6.07, 6.45) is 40.5. The lowest BCUT2D eigenvalue weighted by Crippen LogP contribution is -1.86. The number of hydrogen-bond donors (Lipinski definition) is 0. The molecule has 0 fully saturated rings. The molecule has 1 rings (SSSR count). The first-order valence-electron chi connectivity index (χ1n) is 13.2. The highest BCUT2D eigenvalue weighted by molar-refractivity contribution is 5.28. The van der Waals surface area contributed by atoms with E-state index in [0.717, 1.165) is 5.70 Å². The van der Waals surface area contributed by atoms with Crippen molar-refractivity contribution in [3.8, 4) is 0 Å². The summed E-state index contributed by atoms with van der Waals surface area (Å²) in [5.41, 5.74) is 1.10. The maximum Gasteiger partial charge on any atom is 0.0626 e. The number of hydrogen-bond acceptors (Lipinski definition) is 0. The molecular weight excluding hydrogens is 350 g/mol. The van der Waals surface area contributed by atoms with Crippen LogP contribution in [0, 0.1) is 0 Å². The van der Waals surface area contributed by atoms with E-state index in [4.69, 9.17) is 0 Å². The molecule has 0 aromatic carbocycles. The summed E-state index contributed by atoms with van der Waals surface area (Å²) in [5.74, 6) is 0. The van der Waals surface area contributed by atoms with Crippen molar-refractivity contribution in [3.63, 3.8) is 0 Å². The Morgan fingerprint density at radius 2 is 1.00 bits per heavy atom. The van der Waals surface area contributed by atoms with E-state index in [2.05, 4.69) is 30.5 Å². The molecule has 1 aliphatic rings. The van der Waals surface area contributed by atoms with Crippen LogP contribution in [0.3, 0.4) is 0 Å². The summed E-state index contributed by atoms with van der Waals surface area (Å²) >= 11 is 0. The second kappa shape index (κ2) is 21.7. The highest BCUT2D eigenvalue weighted by Crippen LogP contribution is 2.15. The predicted molar refractivity (Wildman–Crippen MR) is 131 cm³/mol. The van der Waals surface area contributed by atoms with Crippen LogP contribution in [0.2, 0.25) is 0 Å². The Morgan fingerprint density at radius 1 is 0.586 bits per heavy atom. The first kappa shape index (κ1) is 26.1. The Hall–Kier alpha value is -0.980. The fourth-order valence-electron chi connectivity index (χ4n) is 4.13. The number of unbranched alkanes of at least 4 members (excludes halogenated alkanes) is 20. The summed E-state index contributed by atoms with van der Waals surface area (Å²) in [6.45, 7) is 2.30. The van der Waals surface area contributed by atoms with E-state index in [1.165, 1.54) is 135 Å². The van der Waals surface area contributed by atoms with Crippen LogP contribution in [-0.4, -0.2) is 0 Å². The minimum Gasteiger partial charge on any atom is -0.257 e. The topological polar surface area (TPSA) is 14.1 Å². The number of nitrogens with zero attached hydrogens (tertiary/aromatic N) is 1. The molecule has 1 radical (unpaired) electrons. The molecule has 167 valence electrons. The van der Waals surface area contributed by atoms with Crippen molar-refractivity contribution in [2.75, 3.05) is 0 Å². The normalized spacial score (nSPS) is 13.3. The molecule has 0 amide bonds. The van der Waals surface area contributed by atoms with Gasteiger partial charge in [-0.05, 0) is 31.1 Å². The van der Waals surface area contributed by atoms with Gasteiger partial charge in [0.2, 0.25) is 0 Å². The fraction of sp³-hybridized carbons (Fsp3) is 0.786. The highest BCUT2D eigenvalue weighted by atomic mass is 14.9. The van der Waals surface area contributed by atoms with E-state index in [-0.39, 0.29) is 0 Å². The van der Waals surface area contributed by atoms with Gasteiger partial charge in [0.25, 0.3) is 0 Å². The first-order chi connectivity index (χ1) is 14.4.